The number of nitrogens with one attached hydrogen (secondary N) is 2. The Morgan fingerprint density at radius 1 is 1.40 bits per heavy atom. The van der Waals surface area contributed by atoms with Crippen LogP contribution in [0.5, 0.6) is 0 Å². The first kappa shape index (κ1) is 16.7. The standard InChI is InChI=1S/C14H20ClN3OS/c1-4-16-13(19)9-18(5-2)14(20)17-11-7-6-10(3)12(15)8-11/h6-8H,4-5,9H2,1-3H3,(H,16,19)(H,17,20). The Hall–Kier alpha value is -1.33. The van der Waals surface area contributed by atoms with Crippen molar-refractivity contribution >= 4 is 40.5 Å². The number of likely N-dealkylation sites (N-methyl/N-ethyl adjacent to an activating group) is 2. The van der Waals surface area contributed by atoms with E-state index in [9.17, 15) is 4.79 Å². The summed E-state index contributed by atoms with van der Waals surface area (Å²) in [6.45, 7) is 7.30. The summed E-state index contributed by atoms with van der Waals surface area (Å²) < 4.78 is 0. The monoisotopic (exact) mass is 313 g/mol. The lowest BCUT2D eigenvalue weighted by Gasteiger charge is -2.23. The Balaban J connectivity index is 2.67. The van der Waals surface area contributed by atoms with Crippen LogP contribution in [0, 0.1) is 6.92 Å². The molecule has 4 nitrogen and oxygen atoms in total. The van der Waals surface area contributed by atoms with Gasteiger partial charge in [0.25, 0.3) is 0 Å². The molecular formula is C14H20ClN3OS. The average Bonchev–Trinajstić information content (AvgIpc) is 2.40. The van der Waals surface area contributed by atoms with Gasteiger partial charge in [-0.25, -0.2) is 0 Å². The number of carbonyl (C=O) groups excluding carboxylic acids is 1. The van der Waals surface area contributed by atoms with Crippen molar-refractivity contribution in [2.24, 2.45) is 0 Å². The molecule has 110 valence electrons. The molecule has 1 aromatic rings. The van der Waals surface area contributed by atoms with E-state index in [4.69, 9.17) is 23.8 Å². The Morgan fingerprint density at radius 2 is 2.10 bits per heavy atom. The fourth-order valence-corrected chi connectivity index (χ4v) is 2.12. The van der Waals surface area contributed by atoms with Crippen molar-refractivity contribution in [3.05, 3.63) is 28.8 Å². The van der Waals surface area contributed by atoms with Crippen LogP contribution >= 0.6 is 23.8 Å². The number of anilines is 1. The number of aryl methyl sites for hydroxylation is 1. The van der Waals surface area contributed by atoms with E-state index in [0.717, 1.165) is 11.3 Å². The molecule has 0 fully saturated rings. The first-order chi connectivity index (χ1) is 9.47. The quantitative estimate of drug-likeness (QED) is 0.821. The summed E-state index contributed by atoms with van der Waals surface area (Å²) >= 11 is 11.4. The molecule has 0 aliphatic heterocycles. The van der Waals surface area contributed by atoms with Crippen molar-refractivity contribution in [2.45, 2.75) is 20.8 Å². The Kier molecular flexibility index (Phi) is 6.75. The molecule has 20 heavy (non-hydrogen) atoms. The fourth-order valence-electron chi connectivity index (χ4n) is 1.63. The van der Waals surface area contributed by atoms with Gasteiger partial charge in [0, 0.05) is 23.8 Å². The third kappa shape index (κ3) is 4.98. The second kappa shape index (κ2) is 8.07. The zero-order valence-corrected chi connectivity index (χ0v) is 13.6. The SMILES string of the molecule is CCNC(=O)CN(CC)C(=S)Nc1ccc(C)c(Cl)c1. The summed E-state index contributed by atoms with van der Waals surface area (Å²) in [5.41, 5.74) is 1.83. The highest BCUT2D eigenvalue weighted by Crippen LogP contribution is 2.20. The molecule has 0 spiro atoms. The zero-order valence-electron chi connectivity index (χ0n) is 12.0. The van der Waals surface area contributed by atoms with Gasteiger partial charge < -0.3 is 15.5 Å². The van der Waals surface area contributed by atoms with Gasteiger partial charge in [0.2, 0.25) is 5.91 Å². The normalized spacial score (nSPS) is 10.0. The van der Waals surface area contributed by atoms with Crippen molar-refractivity contribution < 1.29 is 4.79 Å². The molecule has 6 heteroatoms. The number of carbonyl (C=O) groups is 1. The molecule has 2 N–H and O–H groups in total. The second-order valence-corrected chi connectivity index (χ2v) is 5.16. The number of amides is 1. The van der Waals surface area contributed by atoms with E-state index in [-0.39, 0.29) is 12.5 Å². The van der Waals surface area contributed by atoms with Crippen molar-refractivity contribution in [1.82, 2.24) is 10.2 Å². The summed E-state index contributed by atoms with van der Waals surface area (Å²) in [5, 5.41) is 7.06. The highest BCUT2D eigenvalue weighted by molar-refractivity contribution is 7.80. The third-order valence-electron chi connectivity index (χ3n) is 2.80. The number of halogens is 1. The number of nitrogens with zero attached hydrogens (tertiary/aromatic N) is 1. The lowest BCUT2D eigenvalue weighted by molar-refractivity contribution is -0.121. The maximum atomic E-state index is 11.6. The molecule has 0 saturated heterocycles. The van der Waals surface area contributed by atoms with Gasteiger partial charge in [-0.15, -0.1) is 0 Å². The summed E-state index contributed by atoms with van der Waals surface area (Å²) in [6.07, 6.45) is 0. The minimum absolute atomic E-state index is 0.0413. The number of thiocarbonyl (C=S) groups is 1. The summed E-state index contributed by atoms with van der Waals surface area (Å²) in [7, 11) is 0. The first-order valence-corrected chi connectivity index (χ1v) is 7.35. The molecule has 0 heterocycles. The van der Waals surface area contributed by atoms with Gasteiger partial charge in [0.1, 0.15) is 0 Å². The predicted octanol–water partition coefficient (Wildman–Crippen LogP) is 2.80. The maximum Gasteiger partial charge on any atom is 0.239 e. The largest absolute Gasteiger partial charge is 0.355 e. The van der Waals surface area contributed by atoms with E-state index in [1.54, 1.807) is 4.90 Å². The molecule has 0 radical (unpaired) electrons. The van der Waals surface area contributed by atoms with Crippen LogP contribution in [0.3, 0.4) is 0 Å². The molecular weight excluding hydrogens is 294 g/mol. The topological polar surface area (TPSA) is 44.4 Å². The van der Waals surface area contributed by atoms with Gasteiger partial charge in [-0.05, 0) is 50.7 Å². The smallest absolute Gasteiger partial charge is 0.239 e. The van der Waals surface area contributed by atoms with Crippen molar-refractivity contribution in [3.63, 3.8) is 0 Å². The fraction of sp³-hybridized carbons (Fsp3) is 0.429. The molecule has 1 aromatic carbocycles. The van der Waals surface area contributed by atoms with Crippen LogP contribution in [0.15, 0.2) is 18.2 Å². The highest BCUT2D eigenvalue weighted by atomic mass is 35.5. The molecule has 0 atom stereocenters. The summed E-state index contributed by atoms with van der Waals surface area (Å²) in [4.78, 5) is 13.4. The predicted molar refractivity (Wildman–Crippen MR) is 88.3 cm³/mol. The van der Waals surface area contributed by atoms with E-state index in [1.165, 1.54) is 0 Å². The van der Waals surface area contributed by atoms with Gasteiger partial charge in [-0.3, -0.25) is 4.79 Å². The van der Waals surface area contributed by atoms with E-state index in [2.05, 4.69) is 10.6 Å². The van der Waals surface area contributed by atoms with Gasteiger partial charge >= 0.3 is 0 Å². The molecule has 0 bridgehead atoms. The average molecular weight is 314 g/mol. The van der Waals surface area contributed by atoms with Gasteiger partial charge in [-0.1, -0.05) is 17.7 Å². The lowest BCUT2D eigenvalue weighted by Crippen LogP contribution is -2.42. The number of hydrogen-bond donors (Lipinski definition) is 2. The molecule has 1 amide bonds. The number of hydrogen-bond acceptors (Lipinski definition) is 2. The van der Waals surface area contributed by atoms with Crippen LogP contribution in [-0.4, -0.2) is 35.6 Å². The molecule has 1 rings (SSSR count). The second-order valence-electron chi connectivity index (χ2n) is 4.36. The van der Waals surface area contributed by atoms with Crippen LogP contribution < -0.4 is 10.6 Å². The van der Waals surface area contributed by atoms with Crippen LogP contribution in [0.4, 0.5) is 5.69 Å². The Morgan fingerprint density at radius 3 is 2.65 bits per heavy atom. The van der Waals surface area contributed by atoms with Crippen LogP contribution in [0.2, 0.25) is 5.02 Å². The molecule has 0 aliphatic rings. The van der Waals surface area contributed by atoms with Crippen LogP contribution in [0.25, 0.3) is 0 Å². The maximum absolute atomic E-state index is 11.6. The lowest BCUT2D eigenvalue weighted by atomic mass is 10.2. The Bertz CT molecular complexity index is 493. The summed E-state index contributed by atoms with van der Waals surface area (Å²) in [6, 6.07) is 5.66. The summed E-state index contributed by atoms with van der Waals surface area (Å²) in [5.74, 6) is -0.0413. The highest BCUT2D eigenvalue weighted by Gasteiger charge is 2.12. The van der Waals surface area contributed by atoms with Gasteiger partial charge in [0.05, 0.1) is 6.54 Å². The van der Waals surface area contributed by atoms with Gasteiger partial charge in [-0.2, -0.15) is 0 Å². The van der Waals surface area contributed by atoms with E-state index < -0.39 is 0 Å². The van der Waals surface area contributed by atoms with Crippen molar-refractivity contribution in [2.75, 3.05) is 25.0 Å². The van der Waals surface area contributed by atoms with Crippen molar-refractivity contribution in [1.29, 1.82) is 0 Å². The van der Waals surface area contributed by atoms with Crippen LogP contribution in [0.1, 0.15) is 19.4 Å². The molecule has 0 aliphatic carbocycles. The number of rotatable bonds is 5. The van der Waals surface area contributed by atoms with E-state index in [0.29, 0.717) is 23.2 Å². The van der Waals surface area contributed by atoms with Gasteiger partial charge in [0.15, 0.2) is 5.11 Å². The number of benzene rings is 1. The third-order valence-corrected chi connectivity index (χ3v) is 3.57. The van der Waals surface area contributed by atoms with Crippen LogP contribution in [-0.2, 0) is 4.79 Å². The van der Waals surface area contributed by atoms with E-state index >= 15 is 0 Å². The molecule has 0 aromatic heterocycles. The molecule has 0 unspecified atom stereocenters. The minimum Gasteiger partial charge on any atom is -0.355 e. The van der Waals surface area contributed by atoms with E-state index in [1.807, 2.05) is 39.0 Å². The zero-order chi connectivity index (χ0) is 15.1. The Labute approximate surface area is 130 Å². The minimum atomic E-state index is -0.0413. The first-order valence-electron chi connectivity index (χ1n) is 6.56. The van der Waals surface area contributed by atoms with Crippen molar-refractivity contribution in [3.8, 4) is 0 Å². The molecule has 0 saturated carbocycles.